The van der Waals surface area contributed by atoms with Crippen LogP contribution in [0.1, 0.15) is 30.9 Å². The van der Waals surface area contributed by atoms with Gasteiger partial charge in [-0.3, -0.25) is 0 Å². The number of rotatable bonds is 6. The highest BCUT2D eigenvalue weighted by Crippen LogP contribution is 2.40. The van der Waals surface area contributed by atoms with Crippen molar-refractivity contribution in [3.05, 3.63) is 77.1 Å². The summed E-state index contributed by atoms with van der Waals surface area (Å²) in [5.41, 5.74) is -0.314. The molecule has 0 aliphatic carbocycles. The van der Waals surface area contributed by atoms with Gasteiger partial charge in [0.25, 0.3) is 6.23 Å². The van der Waals surface area contributed by atoms with Crippen LogP contribution in [-0.2, 0) is 23.9 Å². The Bertz CT molecular complexity index is 1210. The second-order valence-electron chi connectivity index (χ2n) is 9.01. The standard InChI is InChI=1S/C26H24ClFN2O7/c27-19-3-1-2-4-21(19)34-20(17-5-7-18(28)8-6-17)11-14-29-15-12-26(13-16-29)24-30(25(33)36-26)37-23(32)10-9-22(31)35-24/h1-10,20,24H,11-16H2/b10-9+. The van der Waals surface area contributed by atoms with Crippen molar-refractivity contribution in [2.45, 2.75) is 37.2 Å². The van der Waals surface area contributed by atoms with E-state index in [4.69, 9.17) is 30.6 Å². The van der Waals surface area contributed by atoms with Gasteiger partial charge in [0.15, 0.2) is 5.60 Å². The first-order valence-electron chi connectivity index (χ1n) is 11.8. The van der Waals surface area contributed by atoms with E-state index in [1.54, 1.807) is 24.3 Å². The number of ether oxygens (including phenoxy) is 3. The molecule has 194 valence electrons. The average molecular weight is 531 g/mol. The summed E-state index contributed by atoms with van der Waals surface area (Å²) in [5.74, 6) is -1.43. The first-order chi connectivity index (χ1) is 17.8. The van der Waals surface area contributed by atoms with Gasteiger partial charge in [-0.25, -0.2) is 18.8 Å². The fourth-order valence-electron chi connectivity index (χ4n) is 4.70. The quantitative estimate of drug-likeness (QED) is 0.514. The summed E-state index contributed by atoms with van der Waals surface area (Å²) in [7, 11) is 0. The minimum absolute atomic E-state index is 0.335. The number of hydrogen-bond acceptors (Lipinski definition) is 8. The molecule has 0 bridgehead atoms. The number of hydroxylamine groups is 2. The normalized spacial score (nSPS) is 22.8. The second kappa shape index (κ2) is 10.4. The Hall–Kier alpha value is -3.63. The number of likely N-dealkylation sites (tertiary alicyclic amines) is 1. The molecule has 0 aromatic heterocycles. The van der Waals surface area contributed by atoms with E-state index in [1.807, 2.05) is 12.1 Å². The monoisotopic (exact) mass is 530 g/mol. The zero-order valence-corrected chi connectivity index (χ0v) is 20.4. The molecular formula is C26H24ClFN2O7. The van der Waals surface area contributed by atoms with Crippen molar-refractivity contribution in [3.63, 3.8) is 0 Å². The van der Waals surface area contributed by atoms with Crippen LogP contribution in [0, 0.1) is 5.82 Å². The summed E-state index contributed by atoms with van der Waals surface area (Å²) in [6, 6.07) is 13.3. The molecule has 2 aromatic rings. The number of esters is 1. The predicted octanol–water partition coefficient (Wildman–Crippen LogP) is 4.17. The Morgan fingerprint density at radius 2 is 1.73 bits per heavy atom. The lowest BCUT2D eigenvalue weighted by Crippen LogP contribution is -2.54. The van der Waals surface area contributed by atoms with E-state index in [9.17, 15) is 18.8 Å². The van der Waals surface area contributed by atoms with E-state index in [-0.39, 0.29) is 11.9 Å². The Morgan fingerprint density at radius 3 is 2.46 bits per heavy atom. The predicted molar refractivity (Wildman–Crippen MR) is 128 cm³/mol. The Kier molecular flexibility index (Phi) is 7.03. The minimum atomic E-state index is -1.17. The molecule has 1 amide bonds. The van der Waals surface area contributed by atoms with Gasteiger partial charge in [0.1, 0.15) is 17.7 Å². The van der Waals surface area contributed by atoms with Crippen LogP contribution < -0.4 is 4.74 Å². The number of para-hydroxylation sites is 1. The summed E-state index contributed by atoms with van der Waals surface area (Å²) in [5, 5.41) is 1.17. The molecule has 2 atom stereocenters. The van der Waals surface area contributed by atoms with E-state index in [2.05, 4.69) is 4.90 Å². The number of hydrogen-bond donors (Lipinski definition) is 0. The molecule has 3 aliphatic rings. The molecule has 0 N–H and O–H groups in total. The van der Waals surface area contributed by atoms with Gasteiger partial charge in [-0.1, -0.05) is 40.9 Å². The molecule has 11 heteroatoms. The van der Waals surface area contributed by atoms with Crippen LogP contribution in [0.4, 0.5) is 9.18 Å². The van der Waals surface area contributed by atoms with Crippen LogP contribution in [0.2, 0.25) is 5.02 Å². The van der Waals surface area contributed by atoms with Crippen molar-refractivity contribution in [2.75, 3.05) is 19.6 Å². The molecule has 3 aliphatic heterocycles. The SMILES string of the molecule is O=C1/C=C/C(=O)ON2C(=O)OC3(CCN(CCC(Oc4ccccc4Cl)c4ccc(F)cc4)CC3)C2O1. The molecule has 37 heavy (non-hydrogen) atoms. The molecule has 5 rings (SSSR count). The van der Waals surface area contributed by atoms with E-state index in [0.717, 1.165) is 17.7 Å². The molecule has 0 radical (unpaired) electrons. The van der Waals surface area contributed by atoms with Gasteiger partial charge < -0.3 is 23.9 Å². The van der Waals surface area contributed by atoms with Gasteiger partial charge in [-0.05, 0) is 29.8 Å². The summed E-state index contributed by atoms with van der Waals surface area (Å²) in [4.78, 5) is 43.5. The van der Waals surface area contributed by atoms with Crippen LogP contribution in [0.25, 0.3) is 0 Å². The van der Waals surface area contributed by atoms with Crippen LogP contribution in [0.5, 0.6) is 5.75 Å². The second-order valence-corrected chi connectivity index (χ2v) is 9.42. The minimum Gasteiger partial charge on any atom is -0.484 e. The summed E-state index contributed by atoms with van der Waals surface area (Å²) in [6.07, 6.45) is 0.729. The van der Waals surface area contributed by atoms with Gasteiger partial charge in [0.2, 0.25) is 0 Å². The molecule has 0 saturated carbocycles. The van der Waals surface area contributed by atoms with Crippen molar-refractivity contribution in [3.8, 4) is 5.75 Å². The third kappa shape index (κ3) is 5.40. The van der Waals surface area contributed by atoms with Crippen molar-refractivity contribution in [1.29, 1.82) is 0 Å². The molecule has 2 fully saturated rings. The van der Waals surface area contributed by atoms with Crippen molar-refractivity contribution >= 4 is 29.6 Å². The highest BCUT2D eigenvalue weighted by molar-refractivity contribution is 6.32. The first kappa shape index (κ1) is 25.0. The number of carbonyl (C=O) groups excluding carboxylic acids is 3. The van der Waals surface area contributed by atoms with Crippen molar-refractivity contribution in [2.24, 2.45) is 0 Å². The summed E-state index contributed by atoms with van der Waals surface area (Å²) in [6.45, 7) is 1.69. The van der Waals surface area contributed by atoms with Gasteiger partial charge in [0.05, 0.1) is 5.02 Å². The fourth-order valence-corrected chi connectivity index (χ4v) is 4.88. The third-order valence-electron chi connectivity index (χ3n) is 6.66. The Morgan fingerprint density at radius 1 is 1.03 bits per heavy atom. The fraction of sp³-hybridized carbons (Fsp3) is 0.346. The highest BCUT2D eigenvalue weighted by atomic mass is 35.5. The number of carbonyl (C=O) groups is 3. The van der Waals surface area contributed by atoms with Crippen LogP contribution in [-0.4, -0.2) is 59.5 Å². The summed E-state index contributed by atoms with van der Waals surface area (Å²) < 4.78 is 30.7. The van der Waals surface area contributed by atoms with Gasteiger partial charge in [-0.2, -0.15) is 0 Å². The lowest BCUT2D eigenvalue weighted by atomic mass is 9.89. The number of fused-ring (bicyclic) bond motifs is 2. The number of benzene rings is 2. The Labute approximate surface area is 217 Å². The lowest BCUT2D eigenvalue weighted by Gasteiger charge is -2.40. The molecular weight excluding hydrogens is 507 g/mol. The van der Waals surface area contributed by atoms with E-state index in [0.29, 0.717) is 54.7 Å². The number of halogens is 2. The number of nitrogens with zero attached hydrogens (tertiary/aromatic N) is 2. The molecule has 2 unspecified atom stereocenters. The van der Waals surface area contributed by atoms with Crippen LogP contribution in [0.3, 0.4) is 0 Å². The maximum absolute atomic E-state index is 13.5. The number of piperidine rings is 1. The first-order valence-corrected chi connectivity index (χ1v) is 12.2. The maximum Gasteiger partial charge on any atom is 0.447 e. The summed E-state index contributed by atoms with van der Waals surface area (Å²) >= 11 is 6.30. The topological polar surface area (TPSA) is 94.6 Å². The number of amides is 1. The average Bonchev–Trinajstić information content (AvgIpc) is 3.11. The zero-order valence-electron chi connectivity index (χ0n) is 19.7. The van der Waals surface area contributed by atoms with E-state index >= 15 is 0 Å². The van der Waals surface area contributed by atoms with Crippen LogP contribution >= 0.6 is 11.6 Å². The van der Waals surface area contributed by atoms with E-state index in [1.165, 1.54) is 12.1 Å². The molecule has 1 spiro atoms. The lowest BCUT2D eigenvalue weighted by molar-refractivity contribution is -0.222. The zero-order chi connectivity index (χ0) is 26.0. The van der Waals surface area contributed by atoms with Crippen molar-refractivity contribution in [1.82, 2.24) is 9.96 Å². The largest absolute Gasteiger partial charge is 0.484 e. The van der Waals surface area contributed by atoms with Crippen LogP contribution in [0.15, 0.2) is 60.7 Å². The van der Waals surface area contributed by atoms with Gasteiger partial charge in [-0.15, -0.1) is 0 Å². The van der Waals surface area contributed by atoms with Crippen molar-refractivity contribution < 1.29 is 37.8 Å². The Balaban J connectivity index is 1.25. The van der Waals surface area contributed by atoms with Gasteiger partial charge >= 0.3 is 18.0 Å². The highest BCUT2D eigenvalue weighted by Gasteiger charge is 2.59. The smallest absolute Gasteiger partial charge is 0.447 e. The third-order valence-corrected chi connectivity index (χ3v) is 6.98. The maximum atomic E-state index is 13.5. The molecule has 2 saturated heterocycles. The van der Waals surface area contributed by atoms with Gasteiger partial charge in [0, 0.05) is 51.0 Å². The molecule has 9 nitrogen and oxygen atoms in total. The molecule has 2 aromatic carbocycles. The molecule has 3 heterocycles. The van der Waals surface area contributed by atoms with E-state index < -0.39 is 29.9 Å².